The summed E-state index contributed by atoms with van der Waals surface area (Å²) in [4.78, 5) is 5.39. The van der Waals surface area contributed by atoms with Crippen molar-refractivity contribution in [3.63, 3.8) is 0 Å². The molecule has 0 amide bonds. The normalized spacial score (nSPS) is 30.3. The van der Waals surface area contributed by atoms with Gasteiger partial charge in [0.25, 0.3) is 0 Å². The van der Waals surface area contributed by atoms with Gasteiger partial charge >= 0.3 is 0 Å². The lowest BCUT2D eigenvalue weighted by Crippen LogP contribution is -2.67. The van der Waals surface area contributed by atoms with Crippen LogP contribution in [0, 0.1) is 0 Å². The third-order valence-electron chi connectivity index (χ3n) is 4.71. The van der Waals surface area contributed by atoms with Gasteiger partial charge in [0.1, 0.15) is 0 Å². The fourth-order valence-corrected chi connectivity index (χ4v) is 3.49. The highest BCUT2D eigenvalue weighted by Crippen LogP contribution is 2.30. The van der Waals surface area contributed by atoms with Crippen molar-refractivity contribution in [1.82, 2.24) is 15.1 Å². The molecule has 0 aromatic heterocycles. The predicted octanol–water partition coefficient (Wildman–Crippen LogP) is 2.67. The van der Waals surface area contributed by atoms with Crippen LogP contribution in [0.25, 0.3) is 0 Å². The highest BCUT2D eigenvalue weighted by atomic mass is 15.4. The fraction of sp³-hybridized carbons (Fsp3) is 1.00. The molecule has 0 aromatic carbocycles. The van der Waals surface area contributed by atoms with Gasteiger partial charge in [0.2, 0.25) is 0 Å². The molecule has 2 fully saturated rings. The summed E-state index contributed by atoms with van der Waals surface area (Å²) in [5, 5.41) is 3.70. The molecule has 2 heterocycles. The van der Waals surface area contributed by atoms with E-state index in [1.807, 2.05) is 0 Å². The van der Waals surface area contributed by atoms with Crippen molar-refractivity contribution in [2.75, 3.05) is 26.2 Å². The van der Waals surface area contributed by atoms with Gasteiger partial charge in [0.05, 0.1) is 6.17 Å². The van der Waals surface area contributed by atoms with Gasteiger partial charge in [-0.3, -0.25) is 9.80 Å². The van der Waals surface area contributed by atoms with Crippen LogP contribution in [0.5, 0.6) is 0 Å². The molecule has 0 radical (unpaired) electrons. The number of likely N-dealkylation sites (tertiary alicyclic amines) is 1. The van der Waals surface area contributed by atoms with E-state index in [2.05, 4.69) is 42.8 Å². The van der Waals surface area contributed by atoms with Gasteiger partial charge in [-0.1, -0.05) is 26.2 Å². The summed E-state index contributed by atoms with van der Waals surface area (Å²) in [6.45, 7) is 14.3. The summed E-state index contributed by atoms with van der Waals surface area (Å²) >= 11 is 0. The lowest BCUT2D eigenvalue weighted by molar-refractivity contribution is -0.0955. The molecule has 0 bridgehead atoms. The fourth-order valence-electron chi connectivity index (χ4n) is 3.49. The molecular weight excluding hydrogens is 234 g/mol. The first-order valence-corrected chi connectivity index (χ1v) is 8.26. The molecule has 0 saturated carbocycles. The molecule has 2 rings (SSSR count). The maximum atomic E-state index is 3.70. The molecule has 2 aliphatic rings. The van der Waals surface area contributed by atoms with Crippen LogP contribution in [0.3, 0.4) is 0 Å². The monoisotopic (exact) mass is 267 g/mol. The van der Waals surface area contributed by atoms with Crippen LogP contribution in [0.15, 0.2) is 0 Å². The lowest BCUT2D eigenvalue weighted by atomic mass is 9.95. The van der Waals surface area contributed by atoms with E-state index in [0.717, 1.165) is 6.04 Å². The van der Waals surface area contributed by atoms with Gasteiger partial charge in [-0.2, -0.15) is 0 Å². The second-order valence-electron chi connectivity index (χ2n) is 7.28. The van der Waals surface area contributed by atoms with E-state index in [0.29, 0.717) is 11.7 Å². The Labute approximate surface area is 119 Å². The first-order chi connectivity index (χ1) is 9.02. The summed E-state index contributed by atoms with van der Waals surface area (Å²) in [6.07, 6.45) is 7.52. The molecule has 2 aliphatic heterocycles. The molecule has 3 nitrogen and oxygen atoms in total. The molecule has 0 spiro atoms. The molecule has 112 valence electrons. The van der Waals surface area contributed by atoms with E-state index in [4.69, 9.17) is 0 Å². The minimum atomic E-state index is 0.325. The molecule has 2 saturated heterocycles. The Morgan fingerprint density at radius 3 is 2.53 bits per heavy atom. The van der Waals surface area contributed by atoms with Crippen molar-refractivity contribution in [2.45, 2.75) is 77.5 Å². The predicted molar refractivity (Wildman–Crippen MR) is 82.4 cm³/mol. The number of hydrogen-bond acceptors (Lipinski definition) is 3. The van der Waals surface area contributed by atoms with Gasteiger partial charge in [0, 0.05) is 37.8 Å². The van der Waals surface area contributed by atoms with Crippen molar-refractivity contribution >= 4 is 0 Å². The zero-order valence-electron chi connectivity index (χ0n) is 13.4. The Kier molecular flexibility index (Phi) is 5.27. The van der Waals surface area contributed by atoms with E-state index in [9.17, 15) is 0 Å². The Morgan fingerprint density at radius 2 is 1.95 bits per heavy atom. The van der Waals surface area contributed by atoms with Crippen molar-refractivity contribution in [3.05, 3.63) is 0 Å². The minimum Gasteiger partial charge on any atom is -0.311 e. The van der Waals surface area contributed by atoms with Gasteiger partial charge in [-0.05, 0) is 33.6 Å². The van der Waals surface area contributed by atoms with E-state index in [-0.39, 0.29) is 0 Å². The smallest absolute Gasteiger partial charge is 0.0640 e. The SMILES string of the molecule is CCCCCC1CN(C2CCN2C(C)(C)C)CCN1. The zero-order valence-corrected chi connectivity index (χ0v) is 13.4. The lowest BCUT2D eigenvalue weighted by Gasteiger charge is -2.55. The van der Waals surface area contributed by atoms with Crippen molar-refractivity contribution in [1.29, 1.82) is 0 Å². The summed E-state index contributed by atoms with van der Waals surface area (Å²) < 4.78 is 0. The molecule has 0 aromatic rings. The molecule has 3 heteroatoms. The van der Waals surface area contributed by atoms with Crippen LogP contribution < -0.4 is 5.32 Å². The van der Waals surface area contributed by atoms with Gasteiger partial charge in [-0.25, -0.2) is 0 Å². The van der Waals surface area contributed by atoms with Crippen LogP contribution in [0.2, 0.25) is 0 Å². The standard InChI is InChI=1S/C16H33N3/c1-5-6-7-8-14-13-18(12-10-17-14)15-9-11-19(15)16(2,3)4/h14-15,17H,5-13H2,1-4H3. The van der Waals surface area contributed by atoms with Crippen LogP contribution in [0.1, 0.15) is 59.8 Å². The number of nitrogens with zero attached hydrogens (tertiary/aromatic N) is 2. The third-order valence-corrected chi connectivity index (χ3v) is 4.71. The Bertz CT molecular complexity index is 272. The number of piperazine rings is 1. The molecule has 1 N–H and O–H groups in total. The topological polar surface area (TPSA) is 18.5 Å². The molecule has 2 atom stereocenters. The largest absolute Gasteiger partial charge is 0.311 e. The number of unbranched alkanes of at least 4 members (excludes halogenated alkanes) is 2. The van der Waals surface area contributed by atoms with Crippen LogP contribution >= 0.6 is 0 Å². The third kappa shape index (κ3) is 3.93. The van der Waals surface area contributed by atoms with Crippen LogP contribution in [0.4, 0.5) is 0 Å². The minimum absolute atomic E-state index is 0.325. The Balaban J connectivity index is 1.81. The van der Waals surface area contributed by atoms with E-state index in [1.165, 1.54) is 58.3 Å². The summed E-state index contributed by atoms with van der Waals surface area (Å²) in [6, 6.07) is 0.725. The average molecular weight is 267 g/mol. The van der Waals surface area contributed by atoms with E-state index >= 15 is 0 Å². The van der Waals surface area contributed by atoms with Gasteiger partial charge in [-0.15, -0.1) is 0 Å². The number of rotatable bonds is 5. The van der Waals surface area contributed by atoms with Crippen molar-refractivity contribution < 1.29 is 0 Å². The number of hydrogen-bond donors (Lipinski definition) is 1. The van der Waals surface area contributed by atoms with Crippen molar-refractivity contribution in [2.24, 2.45) is 0 Å². The zero-order chi connectivity index (χ0) is 13.9. The van der Waals surface area contributed by atoms with E-state index in [1.54, 1.807) is 0 Å². The average Bonchev–Trinajstić information content (AvgIpc) is 2.26. The van der Waals surface area contributed by atoms with Crippen molar-refractivity contribution in [3.8, 4) is 0 Å². The Hall–Kier alpha value is -0.120. The van der Waals surface area contributed by atoms with Gasteiger partial charge < -0.3 is 5.32 Å². The molecule has 2 unspecified atom stereocenters. The first kappa shape index (κ1) is 15.3. The molecular formula is C16H33N3. The van der Waals surface area contributed by atoms with Crippen LogP contribution in [-0.2, 0) is 0 Å². The van der Waals surface area contributed by atoms with Gasteiger partial charge in [0.15, 0.2) is 0 Å². The second kappa shape index (κ2) is 6.55. The molecule has 19 heavy (non-hydrogen) atoms. The summed E-state index contributed by atoms with van der Waals surface area (Å²) in [5.41, 5.74) is 0.325. The highest BCUT2D eigenvalue weighted by molar-refractivity contribution is 4.93. The Morgan fingerprint density at radius 1 is 1.16 bits per heavy atom. The number of nitrogens with one attached hydrogen (secondary N) is 1. The maximum Gasteiger partial charge on any atom is 0.0640 e. The second-order valence-corrected chi connectivity index (χ2v) is 7.28. The van der Waals surface area contributed by atoms with Crippen LogP contribution in [-0.4, -0.2) is 53.7 Å². The van der Waals surface area contributed by atoms with E-state index < -0.39 is 0 Å². The molecule has 0 aliphatic carbocycles. The summed E-state index contributed by atoms with van der Waals surface area (Å²) in [7, 11) is 0. The summed E-state index contributed by atoms with van der Waals surface area (Å²) in [5.74, 6) is 0. The maximum absolute atomic E-state index is 3.70. The first-order valence-electron chi connectivity index (χ1n) is 8.26. The highest BCUT2D eigenvalue weighted by Gasteiger charge is 2.40. The quantitative estimate of drug-likeness (QED) is 0.773.